The molecule has 1 saturated heterocycles. The molecule has 1 aliphatic rings. The molecule has 1 amide bonds. The normalized spacial score (nSPS) is 16.7. The van der Waals surface area contributed by atoms with E-state index in [1.54, 1.807) is 11.2 Å². The number of nitrogens with one attached hydrogen (secondary N) is 2. The number of nitrogens with zero attached hydrogens (tertiary/aromatic N) is 4. The zero-order valence-corrected chi connectivity index (χ0v) is 16.1. The highest BCUT2D eigenvalue weighted by Gasteiger charge is 2.32. The van der Waals surface area contributed by atoms with Gasteiger partial charge in [-0.15, -0.1) is 0 Å². The van der Waals surface area contributed by atoms with E-state index in [0.29, 0.717) is 37.1 Å². The van der Waals surface area contributed by atoms with Crippen molar-refractivity contribution in [2.24, 2.45) is 0 Å². The van der Waals surface area contributed by atoms with Crippen LogP contribution in [0.25, 0.3) is 22.4 Å². The molecule has 9 nitrogen and oxygen atoms in total. The molecule has 152 valence electrons. The Balaban J connectivity index is 1.33. The summed E-state index contributed by atoms with van der Waals surface area (Å²) < 4.78 is 11.2. The molecule has 0 aliphatic carbocycles. The number of hydrogen-bond acceptors (Lipinski definition) is 7. The van der Waals surface area contributed by atoms with E-state index in [9.17, 15) is 4.79 Å². The first-order valence-electron chi connectivity index (χ1n) is 9.73. The molecule has 0 radical (unpaired) electrons. The van der Waals surface area contributed by atoms with Gasteiger partial charge in [0.1, 0.15) is 11.8 Å². The zero-order valence-electron chi connectivity index (χ0n) is 16.1. The molecule has 3 heterocycles. The maximum atomic E-state index is 12.8. The minimum Gasteiger partial charge on any atom is -0.484 e. The summed E-state index contributed by atoms with van der Waals surface area (Å²) in [6.07, 6.45) is 1.64. The van der Waals surface area contributed by atoms with Gasteiger partial charge in [-0.25, -0.2) is 4.98 Å². The topological polar surface area (TPSA) is 109 Å². The fourth-order valence-electron chi connectivity index (χ4n) is 3.53. The Morgan fingerprint density at radius 2 is 2.13 bits per heavy atom. The van der Waals surface area contributed by atoms with Gasteiger partial charge in [-0.05, 0) is 30.3 Å². The molecule has 1 atom stereocenters. The van der Waals surface area contributed by atoms with Gasteiger partial charge in [-0.3, -0.25) is 4.79 Å². The number of fused-ring (bicyclic) bond motifs is 1. The number of benzene rings is 2. The summed E-state index contributed by atoms with van der Waals surface area (Å²) in [4.78, 5) is 26.4. The monoisotopic (exact) mass is 404 g/mol. The van der Waals surface area contributed by atoms with Crippen molar-refractivity contribution < 1.29 is 14.1 Å². The molecule has 0 bridgehead atoms. The van der Waals surface area contributed by atoms with Crippen LogP contribution in [-0.4, -0.2) is 57.2 Å². The summed E-state index contributed by atoms with van der Waals surface area (Å²) in [5.74, 6) is 1.40. The molecule has 5 rings (SSSR count). The van der Waals surface area contributed by atoms with Crippen molar-refractivity contribution in [2.45, 2.75) is 6.04 Å². The molecule has 0 spiro atoms. The van der Waals surface area contributed by atoms with Crippen LogP contribution >= 0.6 is 0 Å². The summed E-state index contributed by atoms with van der Waals surface area (Å²) in [7, 11) is 0. The number of aromatic amines is 1. The first-order valence-corrected chi connectivity index (χ1v) is 9.73. The van der Waals surface area contributed by atoms with Crippen LogP contribution in [0, 0.1) is 0 Å². The number of ether oxygens (including phenoxy) is 1. The Morgan fingerprint density at radius 1 is 1.23 bits per heavy atom. The Morgan fingerprint density at radius 3 is 3.03 bits per heavy atom. The van der Waals surface area contributed by atoms with E-state index in [1.165, 1.54) is 0 Å². The Labute approximate surface area is 172 Å². The highest BCUT2D eigenvalue weighted by atomic mass is 16.5. The number of aromatic nitrogens is 4. The lowest BCUT2D eigenvalue weighted by Crippen LogP contribution is -2.50. The van der Waals surface area contributed by atoms with Crippen LogP contribution in [0.1, 0.15) is 11.9 Å². The fourth-order valence-corrected chi connectivity index (χ4v) is 3.53. The minimum atomic E-state index is -0.346. The third kappa shape index (κ3) is 3.62. The first-order chi connectivity index (χ1) is 14.8. The van der Waals surface area contributed by atoms with Crippen molar-refractivity contribution >= 4 is 16.9 Å². The largest absolute Gasteiger partial charge is 0.484 e. The number of imidazole rings is 1. The number of para-hydroxylation sites is 1. The lowest BCUT2D eigenvalue weighted by molar-refractivity contribution is -0.137. The molecule has 0 saturated carbocycles. The molecule has 30 heavy (non-hydrogen) atoms. The predicted octanol–water partition coefficient (Wildman–Crippen LogP) is 2.16. The Bertz CT molecular complexity index is 1160. The molecule has 2 aromatic carbocycles. The van der Waals surface area contributed by atoms with Gasteiger partial charge in [0.15, 0.2) is 6.61 Å². The second-order valence-electron chi connectivity index (χ2n) is 7.00. The van der Waals surface area contributed by atoms with Crippen LogP contribution in [-0.2, 0) is 4.79 Å². The molecular weight excluding hydrogens is 384 g/mol. The van der Waals surface area contributed by atoms with E-state index in [4.69, 9.17) is 9.26 Å². The van der Waals surface area contributed by atoms with Crippen LogP contribution in [0.5, 0.6) is 5.75 Å². The third-order valence-electron chi connectivity index (χ3n) is 5.08. The SMILES string of the molecule is O=C(COc1ccccc1)N1CCNCC1c1nc(-c2ccc3[nH]cnc3c2)no1. The molecule has 4 aromatic rings. The predicted molar refractivity (Wildman–Crippen MR) is 109 cm³/mol. The highest BCUT2D eigenvalue weighted by molar-refractivity contribution is 5.80. The second kappa shape index (κ2) is 7.96. The van der Waals surface area contributed by atoms with Crippen LogP contribution in [0.4, 0.5) is 0 Å². The summed E-state index contributed by atoms with van der Waals surface area (Å²) in [6, 6.07) is 14.7. The van der Waals surface area contributed by atoms with Gasteiger partial charge in [0.2, 0.25) is 5.82 Å². The van der Waals surface area contributed by atoms with Crippen molar-refractivity contribution in [3.63, 3.8) is 0 Å². The molecule has 2 aromatic heterocycles. The molecule has 2 N–H and O–H groups in total. The maximum Gasteiger partial charge on any atom is 0.261 e. The molecule has 1 aliphatic heterocycles. The minimum absolute atomic E-state index is 0.0443. The van der Waals surface area contributed by atoms with Crippen LogP contribution in [0.15, 0.2) is 59.4 Å². The summed E-state index contributed by atoms with van der Waals surface area (Å²) in [5.41, 5.74) is 2.57. The van der Waals surface area contributed by atoms with E-state index < -0.39 is 0 Å². The second-order valence-corrected chi connectivity index (χ2v) is 7.00. The van der Waals surface area contributed by atoms with Gasteiger partial charge in [-0.2, -0.15) is 4.98 Å². The highest BCUT2D eigenvalue weighted by Crippen LogP contribution is 2.25. The van der Waals surface area contributed by atoms with Gasteiger partial charge in [0.05, 0.1) is 17.4 Å². The van der Waals surface area contributed by atoms with Crippen molar-refractivity contribution in [1.29, 1.82) is 0 Å². The van der Waals surface area contributed by atoms with Crippen LogP contribution in [0.2, 0.25) is 0 Å². The Kier molecular flexibility index (Phi) is 4.86. The van der Waals surface area contributed by atoms with Crippen LogP contribution < -0.4 is 10.1 Å². The van der Waals surface area contributed by atoms with Crippen molar-refractivity contribution in [2.75, 3.05) is 26.2 Å². The number of piperazine rings is 1. The van der Waals surface area contributed by atoms with Crippen molar-refractivity contribution in [3.8, 4) is 17.1 Å². The molecule has 1 unspecified atom stereocenters. The van der Waals surface area contributed by atoms with Crippen molar-refractivity contribution in [3.05, 3.63) is 60.7 Å². The number of H-pyrrole nitrogens is 1. The van der Waals surface area contributed by atoms with Gasteiger partial charge < -0.3 is 24.5 Å². The summed E-state index contributed by atoms with van der Waals surface area (Å²) >= 11 is 0. The van der Waals surface area contributed by atoms with E-state index >= 15 is 0 Å². The third-order valence-corrected chi connectivity index (χ3v) is 5.08. The van der Waals surface area contributed by atoms with Crippen LogP contribution in [0.3, 0.4) is 0 Å². The zero-order chi connectivity index (χ0) is 20.3. The number of hydrogen-bond donors (Lipinski definition) is 2. The lowest BCUT2D eigenvalue weighted by atomic mass is 10.1. The lowest BCUT2D eigenvalue weighted by Gasteiger charge is -2.33. The molecule has 9 heteroatoms. The van der Waals surface area contributed by atoms with E-state index in [2.05, 4.69) is 25.4 Å². The van der Waals surface area contributed by atoms with Gasteiger partial charge in [0, 0.05) is 25.2 Å². The Hall–Kier alpha value is -3.72. The van der Waals surface area contributed by atoms with Gasteiger partial charge >= 0.3 is 0 Å². The van der Waals surface area contributed by atoms with Crippen molar-refractivity contribution in [1.82, 2.24) is 30.3 Å². The average molecular weight is 404 g/mol. The summed E-state index contributed by atoms with van der Waals surface area (Å²) in [5, 5.41) is 7.40. The number of carbonyl (C=O) groups is 1. The molecule has 1 fully saturated rings. The molecular formula is C21H20N6O3. The number of amides is 1. The average Bonchev–Trinajstić information content (AvgIpc) is 3.47. The fraction of sp³-hybridized carbons (Fsp3) is 0.238. The quantitative estimate of drug-likeness (QED) is 0.525. The number of carbonyl (C=O) groups excluding carboxylic acids is 1. The van der Waals surface area contributed by atoms with Gasteiger partial charge in [-0.1, -0.05) is 23.4 Å². The maximum absolute atomic E-state index is 12.8. The number of rotatable bonds is 5. The first kappa shape index (κ1) is 18.3. The summed E-state index contributed by atoms with van der Waals surface area (Å²) in [6.45, 7) is 1.73. The van der Waals surface area contributed by atoms with E-state index in [-0.39, 0.29) is 18.6 Å². The van der Waals surface area contributed by atoms with E-state index in [1.807, 2.05) is 48.5 Å². The smallest absolute Gasteiger partial charge is 0.261 e. The van der Waals surface area contributed by atoms with Gasteiger partial charge in [0.25, 0.3) is 11.8 Å². The standard InChI is InChI=1S/C21H20N6O3/c28-19(12-29-15-4-2-1-3-5-15)27-9-8-22-11-18(27)21-25-20(26-30-21)14-6-7-16-17(10-14)24-13-23-16/h1-7,10,13,18,22H,8-9,11-12H2,(H,23,24). The van der Waals surface area contributed by atoms with E-state index in [0.717, 1.165) is 16.6 Å².